The number of carbonyl (C=O) groups is 1. The van der Waals surface area contributed by atoms with Gasteiger partial charge in [-0.25, -0.2) is 13.1 Å². The number of nitrogens with zero attached hydrogens (tertiary/aromatic N) is 5. The molecule has 220 valence electrons. The van der Waals surface area contributed by atoms with E-state index in [4.69, 9.17) is 4.74 Å². The fourth-order valence-electron chi connectivity index (χ4n) is 4.26. The number of benzene rings is 1. The van der Waals surface area contributed by atoms with Gasteiger partial charge in [0.05, 0.1) is 25.0 Å². The lowest BCUT2D eigenvalue weighted by Gasteiger charge is -2.35. The minimum atomic E-state index is -4.66. The van der Waals surface area contributed by atoms with Crippen LogP contribution in [-0.2, 0) is 16.6 Å². The van der Waals surface area contributed by atoms with Crippen molar-refractivity contribution in [2.45, 2.75) is 26.1 Å². The third-order valence-corrected chi connectivity index (χ3v) is 7.46. The summed E-state index contributed by atoms with van der Waals surface area (Å²) in [5.41, 5.74) is 2.35. The smallest absolute Gasteiger partial charge is 0.390 e. The van der Waals surface area contributed by atoms with Crippen molar-refractivity contribution in [1.29, 1.82) is 0 Å². The molecule has 0 unspecified atom stereocenters. The van der Waals surface area contributed by atoms with Gasteiger partial charge in [0.1, 0.15) is 11.5 Å². The van der Waals surface area contributed by atoms with E-state index in [1.54, 1.807) is 17.0 Å². The molecule has 1 fully saturated rings. The maximum atomic E-state index is 12.3. The molecule has 41 heavy (non-hydrogen) atoms. The summed E-state index contributed by atoms with van der Waals surface area (Å²) in [6, 6.07) is 10.4. The Kier molecular flexibility index (Phi) is 9.28. The number of anilines is 1. The molecule has 0 spiro atoms. The standard InChI is InChI=1S/C26H29F3N6O5S/c1-2-40-22-12-18(11-19(14-22)20-13-21(36)16-30-15-20)17-34-6-8-35(9-7-34)24-4-3-23(31-32-24)25(37)33-41(38,39)10-5-26(27,28)29/h3-4,11-16,36H,2,5-10,17H2,1H3,(H,33,37). The molecule has 1 aromatic carbocycles. The second-order valence-electron chi connectivity index (χ2n) is 9.39. The van der Waals surface area contributed by atoms with Crippen LogP contribution in [-0.4, -0.2) is 84.2 Å². The Morgan fingerprint density at radius 1 is 1.05 bits per heavy atom. The van der Waals surface area contributed by atoms with Crippen molar-refractivity contribution in [3.8, 4) is 22.6 Å². The summed E-state index contributed by atoms with van der Waals surface area (Å²) in [7, 11) is -4.48. The number of ether oxygens (including phenoxy) is 1. The first-order chi connectivity index (χ1) is 19.4. The van der Waals surface area contributed by atoms with Crippen LogP contribution in [0.2, 0.25) is 0 Å². The zero-order valence-electron chi connectivity index (χ0n) is 22.1. The van der Waals surface area contributed by atoms with E-state index in [0.717, 1.165) is 22.4 Å². The molecular formula is C26H29F3N6O5S. The number of hydrogen-bond acceptors (Lipinski definition) is 10. The lowest BCUT2D eigenvalue weighted by atomic mass is 10.0. The lowest BCUT2D eigenvalue weighted by molar-refractivity contribution is -0.130. The highest BCUT2D eigenvalue weighted by molar-refractivity contribution is 7.90. The molecule has 2 N–H and O–H groups in total. The number of nitrogens with one attached hydrogen (secondary N) is 1. The van der Waals surface area contributed by atoms with Gasteiger partial charge in [0.25, 0.3) is 5.91 Å². The van der Waals surface area contributed by atoms with Crippen molar-refractivity contribution in [2.75, 3.05) is 43.4 Å². The second kappa shape index (κ2) is 12.7. The number of pyridine rings is 1. The van der Waals surface area contributed by atoms with Gasteiger partial charge in [-0.1, -0.05) is 0 Å². The van der Waals surface area contributed by atoms with Gasteiger partial charge in [0.15, 0.2) is 11.5 Å². The highest BCUT2D eigenvalue weighted by atomic mass is 32.2. The van der Waals surface area contributed by atoms with Crippen LogP contribution in [0, 0.1) is 0 Å². The average molecular weight is 595 g/mol. The largest absolute Gasteiger partial charge is 0.506 e. The molecular weight excluding hydrogens is 565 g/mol. The number of amides is 1. The number of aromatic nitrogens is 3. The first-order valence-corrected chi connectivity index (χ1v) is 14.4. The van der Waals surface area contributed by atoms with Crippen molar-refractivity contribution in [3.05, 3.63) is 60.0 Å². The molecule has 0 saturated carbocycles. The van der Waals surface area contributed by atoms with Crippen LogP contribution in [0.3, 0.4) is 0 Å². The molecule has 0 aliphatic carbocycles. The number of sulfonamides is 1. The maximum absolute atomic E-state index is 12.3. The Labute approximate surface area is 235 Å². The molecule has 1 amide bonds. The van der Waals surface area contributed by atoms with Crippen molar-refractivity contribution in [2.24, 2.45) is 0 Å². The van der Waals surface area contributed by atoms with E-state index >= 15 is 0 Å². The number of rotatable bonds is 10. The van der Waals surface area contributed by atoms with Crippen molar-refractivity contribution < 1.29 is 36.2 Å². The monoisotopic (exact) mass is 594 g/mol. The molecule has 1 aliphatic heterocycles. The summed E-state index contributed by atoms with van der Waals surface area (Å²) >= 11 is 0. The number of alkyl halides is 3. The summed E-state index contributed by atoms with van der Waals surface area (Å²) in [4.78, 5) is 20.4. The van der Waals surface area contributed by atoms with E-state index in [-0.39, 0.29) is 11.4 Å². The Bertz CT molecular complexity index is 1460. The van der Waals surface area contributed by atoms with Gasteiger partial charge in [-0.15, -0.1) is 10.2 Å². The zero-order valence-corrected chi connectivity index (χ0v) is 23.0. The van der Waals surface area contributed by atoms with Crippen molar-refractivity contribution in [3.63, 3.8) is 0 Å². The van der Waals surface area contributed by atoms with Crippen LogP contribution in [0.4, 0.5) is 19.0 Å². The van der Waals surface area contributed by atoms with E-state index in [1.807, 2.05) is 30.0 Å². The summed E-state index contributed by atoms with van der Waals surface area (Å²) < 4.78 is 67.8. The Hall–Kier alpha value is -3.98. The Balaban J connectivity index is 1.34. The summed E-state index contributed by atoms with van der Waals surface area (Å²) in [5, 5.41) is 17.6. The molecule has 11 nitrogen and oxygen atoms in total. The van der Waals surface area contributed by atoms with Crippen LogP contribution >= 0.6 is 0 Å². The van der Waals surface area contributed by atoms with E-state index in [0.29, 0.717) is 45.1 Å². The third kappa shape index (κ3) is 8.75. The number of halogens is 3. The summed E-state index contributed by atoms with van der Waals surface area (Å²) in [6.45, 7) is 5.69. The van der Waals surface area contributed by atoms with E-state index in [9.17, 15) is 31.5 Å². The van der Waals surface area contributed by atoms with Crippen LogP contribution in [0.15, 0.2) is 48.8 Å². The fourth-order valence-corrected chi connectivity index (χ4v) is 5.25. The molecule has 0 atom stereocenters. The van der Waals surface area contributed by atoms with Gasteiger partial charge in [0, 0.05) is 44.5 Å². The molecule has 0 radical (unpaired) electrons. The zero-order chi connectivity index (χ0) is 29.6. The van der Waals surface area contributed by atoms with Gasteiger partial charge in [0.2, 0.25) is 10.0 Å². The lowest BCUT2D eigenvalue weighted by Crippen LogP contribution is -2.46. The molecule has 1 aliphatic rings. The second-order valence-corrected chi connectivity index (χ2v) is 11.2. The Morgan fingerprint density at radius 3 is 2.44 bits per heavy atom. The third-order valence-electron chi connectivity index (χ3n) is 6.22. The van der Waals surface area contributed by atoms with Crippen LogP contribution < -0.4 is 14.4 Å². The number of carbonyl (C=O) groups excluding carboxylic acids is 1. The van der Waals surface area contributed by atoms with E-state index < -0.39 is 34.3 Å². The molecule has 3 aromatic rings. The van der Waals surface area contributed by atoms with E-state index in [2.05, 4.69) is 20.1 Å². The van der Waals surface area contributed by atoms with E-state index in [1.165, 1.54) is 18.3 Å². The topological polar surface area (TPSA) is 138 Å². The van der Waals surface area contributed by atoms with Crippen LogP contribution in [0.1, 0.15) is 29.4 Å². The van der Waals surface area contributed by atoms with Gasteiger partial charge >= 0.3 is 6.18 Å². The summed E-state index contributed by atoms with van der Waals surface area (Å²) in [6.07, 6.45) is -3.18. The van der Waals surface area contributed by atoms with Gasteiger partial charge in [-0.2, -0.15) is 13.2 Å². The summed E-state index contributed by atoms with van der Waals surface area (Å²) in [5.74, 6) is -1.13. The number of hydrogen-bond donors (Lipinski definition) is 2. The highest BCUT2D eigenvalue weighted by Gasteiger charge is 2.31. The normalized spacial score (nSPS) is 14.6. The number of piperazine rings is 1. The van der Waals surface area contributed by atoms with Crippen molar-refractivity contribution >= 4 is 21.7 Å². The molecule has 0 bridgehead atoms. The first-order valence-electron chi connectivity index (χ1n) is 12.7. The molecule has 15 heteroatoms. The number of aromatic hydroxyl groups is 1. The van der Waals surface area contributed by atoms with Gasteiger partial charge < -0.3 is 14.7 Å². The van der Waals surface area contributed by atoms with Gasteiger partial charge in [-0.05, 0) is 54.4 Å². The Morgan fingerprint density at radius 2 is 1.80 bits per heavy atom. The predicted octanol–water partition coefficient (Wildman–Crippen LogP) is 2.98. The van der Waals surface area contributed by atoms with Crippen molar-refractivity contribution in [1.82, 2.24) is 24.8 Å². The minimum absolute atomic E-state index is 0.0738. The minimum Gasteiger partial charge on any atom is -0.506 e. The van der Waals surface area contributed by atoms with Crippen LogP contribution in [0.25, 0.3) is 11.1 Å². The molecule has 4 rings (SSSR count). The molecule has 2 aromatic heterocycles. The van der Waals surface area contributed by atoms with Crippen LogP contribution in [0.5, 0.6) is 11.5 Å². The van der Waals surface area contributed by atoms with Gasteiger partial charge in [-0.3, -0.25) is 14.7 Å². The molecule has 1 saturated heterocycles. The fraction of sp³-hybridized carbons (Fsp3) is 0.385. The molecule has 3 heterocycles. The SMILES string of the molecule is CCOc1cc(CN2CCN(c3ccc(C(=O)NS(=O)(=O)CCC(F)(F)F)nn3)CC2)cc(-c2cncc(O)c2)c1. The predicted molar refractivity (Wildman–Crippen MR) is 144 cm³/mol. The quantitative estimate of drug-likeness (QED) is 0.360. The highest BCUT2D eigenvalue weighted by Crippen LogP contribution is 2.29. The first kappa shape index (κ1) is 30.0. The maximum Gasteiger partial charge on any atom is 0.390 e. The average Bonchev–Trinajstić information content (AvgIpc) is 2.92.